The molecule has 2 heterocycles. The molecule has 0 radical (unpaired) electrons. The van der Waals surface area contributed by atoms with Crippen molar-refractivity contribution in [2.45, 2.75) is 44.7 Å². The Morgan fingerprint density at radius 3 is 2.91 bits per heavy atom. The SMILES string of the molecule is CC[C@@H](C)Nc1cc(N2C[C@H]3C[C@H]2c2ccccc23)ncn1. The van der Waals surface area contributed by atoms with Gasteiger partial charge in [0.15, 0.2) is 0 Å². The summed E-state index contributed by atoms with van der Waals surface area (Å²) in [6.45, 7) is 5.42. The number of rotatable bonds is 4. The molecule has 4 rings (SSSR count). The highest BCUT2D eigenvalue weighted by Crippen LogP contribution is 2.51. The van der Waals surface area contributed by atoms with Crippen molar-refractivity contribution in [3.05, 3.63) is 47.8 Å². The molecule has 114 valence electrons. The predicted molar refractivity (Wildman–Crippen MR) is 89.3 cm³/mol. The van der Waals surface area contributed by atoms with Crippen molar-refractivity contribution in [2.24, 2.45) is 0 Å². The van der Waals surface area contributed by atoms with Crippen molar-refractivity contribution >= 4 is 11.6 Å². The molecule has 1 N–H and O–H groups in total. The van der Waals surface area contributed by atoms with Crippen molar-refractivity contribution in [3.63, 3.8) is 0 Å². The first-order chi connectivity index (χ1) is 10.8. The van der Waals surface area contributed by atoms with Crippen molar-refractivity contribution in [1.82, 2.24) is 9.97 Å². The van der Waals surface area contributed by atoms with E-state index in [1.165, 1.54) is 17.5 Å². The van der Waals surface area contributed by atoms with E-state index in [0.29, 0.717) is 18.0 Å². The van der Waals surface area contributed by atoms with Crippen LogP contribution in [0.15, 0.2) is 36.7 Å². The molecule has 1 saturated heterocycles. The molecule has 4 nitrogen and oxygen atoms in total. The molecule has 1 fully saturated rings. The summed E-state index contributed by atoms with van der Waals surface area (Å²) in [5.74, 6) is 2.63. The fraction of sp³-hybridized carbons (Fsp3) is 0.444. The molecule has 4 heteroatoms. The minimum absolute atomic E-state index is 0.429. The van der Waals surface area contributed by atoms with Crippen LogP contribution in [0, 0.1) is 0 Å². The van der Waals surface area contributed by atoms with Crippen molar-refractivity contribution in [2.75, 3.05) is 16.8 Å². The summed E-state index contributed by atoms with van der Waals surface area (Å²) >= 11 is 0. The van der Waals surface area contributed by atoms with Gasteiger partial charge in [0.1, 0.15) is 18.0 Å². The minimum atomic E-state index is 0.429. The zero-order chi connectivity index (χ0) is 15.1. The van der Waals surface area contributed by atoms with Crippen molar-refractivity contribution < 1.29 is 0 Å². The van der Waals surface area contributed by atoms with Crippen LogP contribution in [-0.2, 0) is 0 Å². The highest BCUT2D eigenvalue weighted by atomic mass is 15.3. The Kier molecular flexibility index (Phi) is 3.25. The van der Waals surface area contributed by atoms with E-state index in [-0.39, 0.29) is 0 Å². The van der Waals surface area contributed by atoms with Crippen LogP contribution >= 0.6 is 0 Å². The van der Waals surface area contributed by atoms with E-state index >= 15 is 0 Å². The Balaban J connectivity index is 1.61. The Hall–Kier alpha value is -2.10. The Bertz CT molecular complexity index is 684. The number of benzene rings is 1. The summed E-state index contributed by atoms with van der Waals surface area (Å²) < 4.78 is 0. The minimum Gasteiger partial charge on any atom is -0.367 e. The standard InChI is InChI=1S/C18H22N4/c1-3-12(2)21-17-9-18(20-11-19-17)22-10-13-8-16(22)15-7-5-4-6-14(13)15/h4-7,9,11-13,16H,3,8,10H2,1-2H3,(H,19,20,21)/t12-,13-,16+/m1/s1. The molecule has 1 aromatic carbocycles. The average Bonchev–Trinajstić information content (AvgIpc) is 3.14. The third-order valence-electron chi connectivity index (χ3n) is 5.05. The van der Waals surface area contributed by atoms with Gasteiger partial charge in [0.25, 0.3) is 0 Å². The lowest BCUT2D eigenvalue weighted by molar-refractivity contribution is 0.726. The van der Waals surface area contributed by atoms with Crippen LogP contribution in [0.25, 0.3) is 0 Å². The molecule has 2 aliphatic rings. The lowest BCUT2D eigenvalue weighted by atomic mass is 9.99. The first kappa shape index (κ1) is 13.6. The fourth-order valence-corrected chi connectivity index (χ4v) is 3.73. The molecular formula is C18H22N4. The molecule has 22 heavy (non-hydrogen) atoms. The first-order valence-corrected chi connectivity index (χ1v) is 8.20. The quantitative estimate of drug-likeness (QED) is 0.932. The molecule has 2 aromatic rings. The average molecular weight is 294 g/mol. The zero-order valence-electron chi connectivity index (χ0n) is 13.2. The lowest BCUT2D eigenvalue weighted by Gasteiger charge is -2.30. The number of nitrogens with one attached hydrogen (secondary N) is 1. The summed E-state index contributed by atoms with van der Waals surface area (Å²) in [4.78, 5) is 11.3. The monoisotopic (exact) mass is 294 g/mol. The Morgan fingerprint density at radius 1 is 1.27 bits per heavy atom. The highest BCUT2D eigenvalue weighted by Gasteiger charge is 2.42. The molecule has 1 aromatic heterocycles. The number of nitrogens with zero attached hydrogens (tertiary/aromatic N) is 3. The van der Waals surface area contributed by atoms with Gasteiger partial charge in [-0.25, -0.2) is 9.97 Å². The van der Waals surface area contributed by atoms with E-state index in [9.17, 15) is 0 Å². The van der Waals surface area contributed by atoms with Crippen molar-refractivity contribution in [3.8, 4) is 0 Å². The van der Waals surface area contributed by atoms with Gasteiger partial charge in [-0.05, 0) is 30.9 Å². The molecule has 3 atom stereocenters. The maximum Gasteiger partial charge on any atom is 0.134 e. The molecule has 1 aliphatic carbocycles. The van der Waals surface area contributed by atoms with Gasteiger partial charge in [-0.15, -0.1) is 0 Å². The second kappa shape index (κ2) is 5.27. The van der Waals surface area contributed by atoms with Crippen LogP contribution in [0.2, 0.25) is 0 Å². The van der Waals surface area contributed by atoms with Gasteiger partial charge in [-0.3, -0.25) is 0 Å². The van der Waals surface area contributed by atoms with Crippen molar-refractivity contribution in [1.29, 1.82) is 0 Å². The highest BCUT2D eigenvalue weighted by molar-refractivity contribution is 5.56. The molecule has 0 amide bonds. The zero-order valence-corrected chi connectivity index (χ0v) is 13.2. The lowest BCUT2D eigenvalue weighted by Crippen LogP contribution is -2.28. The van der Waals surface area contributed by atoms with E-state index < -0.39 is 0 Å². The van der Waals surface area contributed by atoms with Gasteiger partial charge in [0.2, 0.25) is 0 Å². The van der Waals surface area contributed by atoms with Gasteiger partial charge in [0.05, 0.1) is 6.04 Å². The van der Waals surface area contributed by atoms with Crippen LogP contribution in [0.1, 0.15) is 49.8 Å². The van der Waals surface area contributed by atoms with Gasteiger partial charge >= 0.3 is 0 Å². The normalized spacial score (nSPS) is 23.5. The number of fused-ring (bicyclic) bond motifs is 5. The maximum absolute atomic E-state index is 4.52. The number of aromatic nitrogens is 2. The summed E-state index contributed by atoms with van der Waals surface area (Å²) in [6.07, 6.45) is 3.98. The van der Waals surface area contributed by atoms with Gasteiger partial charge < -0.3 is 10.2 Å². The summed E-state index contributed by atoms with van der Waals surface area (Å²) in [5.41, 5.74) is 3.02. The van der Waals surface area contributed by atoms with Gasteiger partial charge in [0, 0.05) is 24.6 Å². The van der Waals surface area contributed by atoms with Gasteiger partial charge in [-0.1, -0.05) is 31.2 Å². The molecule has 2 bridgehead atoms. The molecule has 0 saturated carbocycles. The van der Waals surface area contributed by atoms with Crippen LogP contribution in [-0.4, -0.2) is 22.6 Å². The first-order valence-electron chi connectivity index (χ1n) is 8.20. The van der Waals surface area contributed by atoms with Crippen LogP contribution in [0.3, 0.4) is 0 Å². The van der Waals surface area contributed by atoms with Gasteiger partial charge in [-0.2, -0.15) is 0 Å². The second-order valence-electron chi connectivity index (χ2n) is 6.44. The summed E-state index contributed by atoms with van der Waals surface area (Å²) in [5, 5.41) is 3.44. The smallest absolute Gasteiger partial charge is 0.134 e. The number of hydrogen-bond donors (Lipinski definition) is 1. The largest absolute Gasteiger partial charge is 0.367 e. The Morgan fingerprint density at radius 2 is 2.09 bits per heavy atom. The van der Waals surface area contributed by atoms with E-state index in [2.05, 4.69) is 64.4 Å². The molecule has 1 aliphatic heterocycles. The van der Waals surface area contributed by atoms with E-state index in [1.54, 1.807) is 6.33 Å². The van der Waals surface area contributed by atoms with Crippen LogP contribution in [0.5, 0.6) is 0 Å². The fourth-order valence-electron chi connectivity index (χ4n) is 3.73. The van der Waals surface area contributed by atoms with Crippen LogP contribution < -0.4 is 10.2 Å². The second-order valence-corrected chi connectivity index (χ2v) is 6.44. The maximum atomic E-state index is 4.52. The number of hydrogen-bond acceptors (Lipinski definition) is 4. The summed E-state index contributed by atoms with van der Waals surface area (Å²) in [7, 11) is 0. The molecule has 0 unspecified atom stereocenters. The summed E-state index contributed by atoms with van der Waals surface area (Å²) in [6, 6.07) is 11.9. The third-order valence-corrected chi connectivity index (χ3v) is 5.05. The third kappa shape index (κ3) is 2.14. The topological polar surface area (TPSA) is 41.0 Å². The van der Waals surface area contributed by atoms with E-state index in [1.807, 2.05) is 0 Å². The number of anilines is 2. The van der Waals surface area contributed by atoms with E-state index in [0.717, 1.165) is 24.6 Å². The molecule has 0 spiro atoms. The van der Waals surface area contributed by atoms with Crippen LogP contribution in [0.4, 0.5) is 11.6 Å². The molecular weight excluding hydrogens is 272 g/mol. The Labute approximate surface area is 131 Å². The van der Waals surface area contributed by atoms with E-state index in [4.69, 9.17) is 0 Å². The predicted octanol–water partition coefficient (Wildman–Crippen LogP) is 3.74.